The first-order valence-electron chi connectivity index (χ1n) is 5.72. The summed E-state index contributed by atoms with van der Waals surface area (Å²) in [6.45, 7) is 1.10. The van der Waals surface area contributed by atoms with Crippen molar-refractivity contribution in [3.8, 4) is 0 Å². The van der Waals surface area contributed by atoms with E-state index in [1.54, 1.807) is 6.92 Å². The summed E-state index contributed by atoms with van der Waals surface area (Å²) < 4.78 is 0.849. The van der Waals surface area contributed by atoms with Crippen molar-refractivity contribution in [3.05, 3.63) is 38.8 Å². The Labute approximate surface area is 113 Å². The van der Waals surface area contributed by atoms with E-state index >= 15 is 0 Å². The molecule has 0 aliphatic carbocycles. The molecule has 0 saturated carbocycles. The van der Waals surface area contributed by atoms with Crippen LogP contribution >= 0.6 is 0 Å². The minimum Gasteiger partial charge on any atom is -0.480 e. The molecule has 1 unspecified atom stereocenters. The van der Waals surface area contributed by atoms with Crippen LogP contribution in [-0.4, -0.2) is 32.5 Å². The number of nitrogens with one attached hydrogen (secondary N) is 1. The van der Waals surface area contributed by atoms with Crippen LogP contribution in [-0.2, 0) is 16.1 Å². The Morgan fingerprint density at radius 2 is 2.15 bits per heavy atom. The Balaban J connectivity index is 2.85. The largest absolute Gasteiger partial charge is 0.480 e. The van der Waals surface area contributed by atoms with Crippen LogP contribution in [0.4, 0.5) is 5.69 Å². The van der Waals surface area contributed by atoms with Crippen molar-refractivity contribution >= 4 is 17.6 Å². The minimum absolute atomic E-state index is 0.185. The number of carbonyl (C=O) groups is 2. The van der Waals surface area contributed by atoms with E-state index in [-0.39, 0.29) is 12.1 Å². The lowest BCUT2D eigenvalue weighted by atomic mass is 10.2. The van der Waals surface area contributed by atoms with E-state index in [0.717, 1.165) is 22.9 Å². The molecule has 0 aliphatic heterocycles. The molecule has 1 aromatic heterocycles. The van der Waals surface area contributed by atoms with Crippen LogP contribution in [0.25, 0.3) is 0 Å². The van der Waals surface area contributed by atoms with Crippen molar-refractivity contribution in [2.45, 2.75) is 25.9 Å². The van der Waals surface area contributed by atoms with Crippen LogP contribution in [0.1, 0.15) is 13.3 Å². The number of aromatic nitrogens is 1. The summed E-state index contributed by atoms with van der Waals surface area (Å²) in [5.74, 6) is -1.89. The molecule has 1 amide bonds. The third-order valence-corrected chi connectivity index (χ3v) is 2.53. The SMILES string of the molecule is CCC(NC(=O)Cn1cc([N+](=O)[O-])ccc1=O)C(=O)O. The number of hydrogen-bond donors (Lipinski definition) is 2. The van der Waals surface area contributed by atoms with Crippen LogP contribution in [0, 0.1) is 10.1 Å². The second-order valence-corrected chi connectivity index (χ2v) is 3.98. The van der Waals surface area contributed by atoms with Gasteiger partial charge in [0.05, 0.1) is 11.1 Å². The fourth-order valence-corrected chi connectivity index (χ4v) is 1.48. The van der Waals surface area contributed by atoms with Gasteiger partial charge >= 0.3 is 5.97 Å². The maximum atomic E-state index is 11.6. The third kappa shape index (κ3) is 3.90. The number of rotatable bonds is 6. The molecule has 0 aliphatic rings. The summed E-state index contributed by atoms with van der Waals surface area (Å²) in [4.78, 5) is 43.7. The van der Waals surface area contributed by atoms with Gasteiger partial charge in [0.2, 0.25) is 5.91 Å². The zero-order valence-electron chi connectivity index (χ0n) is 10.6. The number of pyridine rings is 1. The van der Waals surface area contributed by atoms with Crippen LogP contribution in [0.2, 0.25) is 0 Å². The van der Waals surface area contributed by atoms with Crippen LogP contribution < -0.4 is 10.9 Å². The van der Waals surface area contributed by atoms with E-state index in [0.29, 0.717) is 0 Å². The molecule has 108 valence electrons. The highest BCUT2D eigenvalue weighted by Crippen LogP contribution is 2.06. The second kappa shape index (κ2) is 6.45. The molecule has 9 nitrogen and oxygen atoms in total. The third-order valence-electron chi connectivity index (χ3n) is 2.53. The highest BCUT2D eigenvalue weighted by molar-refractivity contribution is 5.83. The fraction of sp³-hybridized carbons (Fsp3) is 0.364. The number of carboxylic acids is 1. The maximum absolute atomic E-state index is 11.6. The van der Waals surface area contributed by atoms with Gasteiger partial charge in [-0.2, -0.15) is 0 Å². The summed E-state index contributed by atoms with van der Waals surface area (Å²) in [5, 5.41) is 21.6. The van der Waals surface area contributed by atoms with Gasteiger partial charge in [-0.1, -0.05) is 6.92 Å². The molecular formula is C11H13N3O6. The summed E-state index contributed by atoms with van der Waals surface area (Å²) in [6, 6.07) is 0.944. The van der Waals surface area contributed by atoms with E-state index in [2.05, 4.69) is 5.32 Å². The zero-order valence-corrected chi connectivity index (χ0v) is 10.6. The number of amides is 1. The average Bonchev–Trinajstić information content (AvgIpc) is 2.37. The van der Waals surface area contributed by atoms with Crippen molar-refractivity contribution < 1.29 is 19.6 Å². The van der Waals surface area contributed by atoms with Crippen molar-refractivity contribution in [2.75, 3.05) is 0 Å². The number of carbonyl (C=O) groups excluding carboxylic acids is 1. The van der Waals surface area contributed by atoms with Crippen LogP contribution in [0.5, 0.6) is 0 Å². The predicted molar refractivity (Wildman–Crippen MR) is 67.2 cm³/mol. The van der Waals surface area contributed by atoms with Gasteiger partial charge in [0, 0.05) is 12.1 Å². The lowest BCUT2D eigenvalue weighted by Gasteiger charge is -2.12. The van der Waals surface area contributed by atoms with Crippen molar-refractivity contribution in [2.24, 2.45) is 0 Å². The van der Waals surface area contributed by atoms with Gasteiger partial charge in [-0.15, -0.1) is 0 Å². The van der Waals surface area contributed by atoms with Gasteiger partial charge < -0.3 is 10.4 Å². The Morgan fingerprint density at radius 1 is 1.50 bits per heavy atom. The van der Waals surface area contributed by atoms with Crippen LogP contribution in [0.3, 0.4) is 0 Å². The van der Waals surface area contributed by atoms with Gasteiger partial charge in [-0.05, 0) is 6.42 Å². The molecule has 0 aromatic carbocycles. The second-order valence-electron chi connectivity index (χ2n) is 3.98. The van der Waals surface area contributed by atoms with Gasteiger partial charge in [0.15, 0.2) is 0 Å². The zero-order chi connectivity index (χ0) is 15.3. The van der Waals surface area contributed by atoms with Crippen molar-refractivity contribution in [3.63, 3.8) is 0 Å². The molecule has 20 heavy (non-hydrogen) atoms. The van der Waals surface area contributed by atoms with E-state index in [4.69, 9.17) is 5.11 Å². The van der Waals surface area contributed by atoms with E-state index in [9.17, 15) is 24.5 Å². The number of aliphatic carboxylic acids is 1. The molecule has 0 spiro atoms. The van der Waals surface area contributed by atoms with Gasteiger partial charge in [0.1, 0.15) is 12.6 Å². The summed E-state index contributed by atoms with van der Waals surface area (Å²) in [5.41, 5.74) is -0.920. The summed E-state index contributed by atoms with van der Waals surface area (Å²) >= 11 is 0. The molecule has 1 atom stereocenters. The number of carboxylic acid groups (broad SMARTS) is 1. The molecule has 1 aromatic rings. The van der Waals surface area contributed by atoms with Crippen LogP contribution in [0.15, 0.2) is 23.1 Å². The molecule has 0 saturated heterocycles. The van der Waals surface area contributed by atoms with E-state index in [1.165, 1.54) is 0 Å². The monoisotopic (exact) mass is 283 g/mol. The quantitative estimate of drug-likeness (QED) is 0.546. The Kier molecular flexibility index (Phi) is 4.95. The topological polar surface area (TPSA) is 132 Å². The van der Waals surface area contributed by atoms with Crippen molar-refractivity contribution in [1.82, 2.24) is 9.88 Å². The van der Waals surface area contributed by atoms with Crippen molar-refractivity contribution in [1.29, 1.82) is 0 Å². The smallest absolute Gasteiger partial charge is 0.326 e. The number of nitrogens with zero attached hydrogens (tertiary/aromatic N) is 2. The first kappa shape index (κ1) is 15.3. The summed E-state index contributed by atoms with van der Waals surface area (Å²) in [6.07, 6.45) is 1.12. The van der Waals surface area contributed by atoms with Gasteiger partial charge in [0.25, 0.3) is 11.2 Å². The molecule has 0 fully saturated rings. The molecule has 9 heteroatoms. The Bertz CT molecular complexity index is 594. The van der Waals surface area contributed by atoms with Gasteiger partial charge in [-0.3, -0.25) is 24.3 Å². The Hall–Kier alpha value is -2.71. The number of hydrogen-bond acceptors (Lipinski definition) is 5. The lowest BCUT2D eigenvalue weighted by molar-refractivity contribution is -0.385. The van der Waals surface area contributed by atoms with E-state index in [1.807, 2.05) is 0 Å². The number of nitro groups is 1. The molecule has 1 rings (SSSR count). The van der Waals surface area contributed by atoms with Gasteiger partial charge in [-0.25, -0.2) is 4.79 Å². The summed E-state index contributed by atoms with van der Waals surface area (Å²) in [7, 11) is 0. The first-order valence-corrected chi connectivity index (χ1v) is 5.72. The molecule has 2 N–H and O–H groups in total. The maximum Gasteiger partial charge on any atom is 0.326 e. The average molecular weight is 283 g/mol. The fourth-order valence-electron chi connectivity index (χ4n) is 1.48. The lowest BCUT2D eigenvalue weighted by Crippen LogP contribution is -2.42. The van der Waals surface area contributed by atoms with E-state index < -0.39 is 34.9 Å². The Morgan fingerprint density at radius 3 is 2.65 bits per heavy atom. The highest BCUT2D eigenvalue weighted by Gasteiger charge is 2.18. The standard InChI is InChI=1S/C11H13N3O6/c1-2-8(11(17)18)12-9(15)6-13-5-7(14(19)20)3-4-10(13)16/h3-5,8H,2,6H2,1H3,(H,12,15)(H,17,18). The molecular weight excluding hydrogens is 270 g/mol. The first-order chi connectivity index (χ1) is 9.35. The highest BCUT2D eigenvalue weighted by atomic mass is 16.6. The minimum atomic E-state index is -1.19. The molecule has 1 heterocycles. The molecule has 0 bridgehead atoms. The normalized spacial score (nSPS) is 11.7. The molecule has 0 radical (unpaired) electrons. The predicted octanol–water partition coefficient (Wildman–Crippen LogP) is -0.264.